The molecule has 2 N–H and O–H groups in total. The Hall–Kier alpha value is -1.84. The fourth-order valence-electron chi connectivity index (χ4n) is 1.14. The summed E-state index contributed by atoms with van der Waals surface area (Å²) in [4.78, 5) is 22.3. The molecule has 0 aliphatic carbocycles. The summed E-state index contributed by atoms with van der Waals surface area (Å²) in [5.74, 6) is -0.593. The van der Waals surface area contributed by atoms with Crippen molar-refractivity contribution < 1.29 is 9.59 Å². The van der Waals surface area contributed by atoms with Gasteiger partial charge in [0.2, 0.25) is 11.8 Å². The van der Waals surface area contributed by atoms with Gasteiger partial charge < -0.3 is 10.6 Å². The Kier molecular flexibility index (Phi) is 3.85. The van der Waals surface area contributed by atoms with Gasteiger partial charge in [-0.25, -0.2) is 0 Å². The standard InChI is InChI=1S/C11H14N2O2/c1-8-5-3-4-6-9(8)13-11(15)7-10(14)12-2/h3-6H,7H2,1-2H3,(H,12,14)(H,13,15). The predicted octanol–water partition coefficient (Wildman–Crippen LogP) is 1.07. The van der Waals surface area contributed by atoms with Crippen LogP contribution >= 0.6 is 0 Å². The van der Waals surface area contributed by atoms with Gasteiger partial charge in [0.1, 0.15) is 6.42 Å². The van der Waals surface area contributed by atoms with Crippen molar-refractivity contribution in [3.63, 3.8) is 0 Å². The molecule has 0 fully saturated rings. The van der Waals surface area contributed by atoms with Crippen molar-refractivity contribution in [3.8, 4) is 0 Å². The molecule has 80 valence electrons. The monoisotopic (exact) mass is 206 g/mol. The molecule has 0 saturated heterocycles. The zero-order chi connectivity index (χ0) is 11.3. The van der Waals surface area contributed by atoms with Crippen molar-refractivity contribution in [1.82, 2.24) is 5.32 Å². The van der Waals surface area contributed by atoms with Gasteiger partial charge in [-0.15, -0.1) is 0 Å². The van der Waals surface area contributed by atoms with Gasteiger partial charge in [-0.3, -0.25) is 9.59 Å². The van der Waals surface area contributed by atoms with Gasteiger partial charge >= 0.3 is 0 Å². The Morgan fingerprint density at radius 1 is 1.20 bits per heavy atom. The van der Waals surface area contributed by atoms with E-state index in [1.807, 2.05) is 25.1 Å². The Morgan fingerprint density at radius 3 is 2.47 bits per heavy atom. The van der Waals surface area contributed by atoms with Gasteiger partial charge in [-0.05, 0) is 18.6 Å². The minimum Gasteiger partial charge on any atom is -0.359 e. The number of anilines is 1. The van der Waals surface area contributed by atoms with E-state index in [-0.39, 0.29) is 18.2 Å². The molecule has 0 unspecified atom stereocenters. The maximum absolute atomic E-state index is 11.4. The quantitative estimate of drug-likeness (QED) is 0.727. The van der Waals surface area contributed by atoms with E-state index in [2.05, 4.69) is 10.6 Å². The van der Waals surface area contributed by atoms with Gasteiger partial charge in [-0.2, -0.15) is 0 Å². The average Bonchev–Trinajstić information content (AvgIpc) is 2.21. The van der Waals surface area contributed by atoms with Crippen molar-refractivity contribution in [2.45, 2.75) is 13.3 Å². The molecule has 2 amide bonds. The van der Waals surface area contributed by atoms with Crippen LogP contribution in [0.3, 0.4) is 0 Å². The third-order valence-corrected chi connectivity index (χ3v) is 2.02. The molecule has 4 heteroatoms. The van der Waals surface area contributed by atoms with Crippen molar-refractivity contribution in [2.24, 2.45) is 0 Å². The first-order chi connectivity index (χ1) is 7.13. The number of rotatable bonds is 3. The van der Waals surface area contributed by atoms with Crippen LogP contribution in [-0.4, -0.2) is 18.9 Å². The molecule has 0 saturated carbocycles. The van der Waals surface area contributed by atoms with E-state index >= 15 is 0 Å². The number of carbonyl (C=O) groups is 2. The van der Waals surface area contributed by atoms with Crippen molar-refractivity contribution in [1.29, 1.82) is 0 Å². The average molecular weight is 206 g/mol. The summed E-state index contributed by atoms with van der Waals surface area (Å²) in [6, 6.07) is 7.43. The van der Waals surface area contributed by atoms with Crippen LogP contribution in [0.5, 0.6) is 0 Å². The van der Waals surface area contributed by atoms with Crippen LogP contribution in [0.25, 0.3) is 0 Å². The highest BCUT2D eigenvalue weighted by atomic mass is 16.2. The fraction of sp³-hybridized carbons (Fsp3) is 0.273. The Bertz CT molecular complexity index is 375. The van der Waals surface area contributed by atoms with E-state index in [1.165, 1.54) is 7.05 Å². The molecule has 0 bridgehead atoms. The highest BCUT2D eigenvalue weighted by Gasteiger charge is 2.08. The molecule has 1 rings (SSSR count). The van der Waals surface area contributed by atoms with Gasteiger partial charge in [0.05, 0.1) is 0 Å². The molecular weight excluding hydrogens is 192 g/mol. The first-order valence-electron chi connectivity index (χ1n) is 4.69. The number of nitrogens with one attached hydrogen (secondary N) is 2. The zero-order valence-corrected chi connectivity index (χ0v) is 8.83. The Labute approximate surface area is 88.7 Å². The summed E-state index contributed by atoms with van der Waals surface area (Å²) in [6.45, 7) is 1.90. The molecule has 0 radical (unpaired) electrons. The van der Waals surface area contributed by atoms with Crippen molar-refractivity contribution in [2.75, 3.05) is 12.4 Å². The third kappa shape index (κ3) is 3.42. The lowest BCUT2D eigenvalue weighted by Crippen LogP contribution is -2.25. The van der Waals surface area contributed by atoms with Crippen LogP contribution in [-0.2, 0) is 9.59 Å². The maximum Gasteiger partial charge on any atom is 0.233 e. The van der Waals surface area contributed by atoms with E-state index in [0.717, 1.165) is 11.3 Å². The van der Waals surface area contributed by atoms with Crippen LogP contribution < -0.4 is 10.6 Å². The van der Waals surface area contributed by atoms with Crippen molar-refractivity contribution in [3.05, 3.63) is 29.8 Å². The number of hydrogen-bond donors (Lipinski definition) is 2. The molecule has 4 nitrogen and oxygen atoms in total. The highest BCUT2D eigenvalue weighted by molar-refractivity contribution is 6.03. The molecule has 0 atom stereocenters. The molecule has 1 aromatic carbocycles. The van der Waals surface area contributed by atoms with Crippen LogP contribution in [0, 0.1) is 6.92 Å². The number of amides is 2. The third-order valence-electron chi connectivity index (χ3n) is 2.02. The van der Waals surface area contributed by atoms with Crippen LogP contribution in [0.1, 0.15) is 12.0 Å². The predicted molar refractivity (Wildman–Crippen MR) is 58.5 cm³/mol. The molecule has 15 heavy (non-hydrogen) atoms. The molecule has 0 aliphatic rings. The number of carbonyl (C=O) groups excluding carboxylic acids is 2. The summed E-state index contributed by atoms with van der Waals surface area (Å²) in [6.07, 6.45) is -0.148. The molecule has 0 aliphatic heterocycles. The van der Waals surface area contributed by atoms with Crippen LogP contribution in [0.2, 0.25) is 0 Å². The SMILES string of the molecule is CNC(=O)CC(=O)Nc1ccccc1C. The lowest BCUT2D eigenvalue weighted by molar-refractivity contribution is -0.126. The number of benzene rings is 1. The first kappa shape index (κ1) is 11.2. The van der Waals surface area contributed by atoms with E-state index in [9.17, 15) is 9.59 Å². The summed E-state index contributed by atoms with van der Waals surface area (Å²) >= 11 is 0. The number of hydrogen-bond acceptors (Lipinski definition) is 2. The minimum absolute atomic E-state index is 0.148. The highest BCUT2D eigenvalue weighted by Crippen LogP contribution is 2.12. The lowest BCUT2D eigenvalue weighted by Gasteiger charge is -2.07. The topological polar surface area (TPSA) is 58.2 Å². The van der Waals surface area contributed by atoms with E-state index in [0.29, 0.717) is 0 Å². The smallest absolute Gasteiger partial charge is 0.233 e. The van der Waals surface area contributed by atoms with E-state index in [1.54, 1.807) is 6.07 Å². The molecule has 0 heterocycles. The second-order valence-corrected chi connectivity index (χ2v) is 3.21. The number of aryl methyl sites for hydroxylation is 1. The molecular formula is C11H14N2O2. The molecule has 0 aromatic heterocycles. The van der Waals surface area contributed by atoms with Crippen LogP contribution in [0.15, 0.2) is 24.3 Å². The number of para-hydroxylation sites is 1. The second-order valence-electron chi connectivity index (χ2n) is 3.21. The van der Waals surface area contributed by atoms with Gasteiger partial charge in [0.15, 0.2) is 0 Å². The Morgan fingerprint density at radius 2 is 1.87 bits per heavy atom. The largest absolute Gasteiger partial charge is 0.359 e. The summed E-state index contributed by atoms with van der Waals surface area (Å²) in [5.41, 5.74) is 1.72. The lowest BCUT2D eigenvalue weighted by atomic mass is 10.2. The van der Waals surface area contributed by atoms with E-state index in [4.69, 9.17) is 0 Å². The van der Waals surface area contributed by atoms with Gasteiger partial charge in [0, 0.05) is 12.7 Å². The summed E-state index contributed by atoms with van der Waals surface area (Å²) in [5, 5.41) is 5.07. The normalized spacial score (nSPS) is 9.47. The molecule has 0 spiro atoms. The zero-order valence-electron chi connectivity index (χ0n) is 8.83. The molecule has 1 aromatic rings. The van der Waals surface area contributed by atoms with Gasteiger partial charge in [-0.1, -0.05) is 18.2 Å². The Balaban J connectivity index is 2.59. The maximum atomic E-state index is 11.4. The van der Waals surface area contributed by atoms with Crippen LogP contribution in [0.4, 0.5) is 5.69 Å². The van der Waals surface area contributed by atoms with Gasteiger partial charge in [0.25, 0.3) is 0 Å². The minimum atomic E-state index is -0.302. The fourth-order valence-corrected chi connectivity index (χ4v) is 1.14. The summed E-state index contributed by atoms with van der Waals surface area (Å²) < 4.78 is 0. The first-order valence-corrected chi connectivity index (χ1v) is 4.69. The second kappa shape index (κ2) is 5.14. The summed E-state index contributed by atoms with van der Waals surface area (Å²) in [7, 11) is 1.50. The van der Waals surface area contributed by atoms with E-state index < -0.39 is 0 Å². The van der Waals surface area contributed by atoms with Crippen molar-refractivity contribution >= 4 is 17.5 Å².